The monoisotopic (exact) mass is 396 g/mol. The second-order valence-electron chi connectivity index (χ2n) is 6.74. The SMILES string of the molecule is CCNC(=O)Cc1c(-c2cccc(S(C)(=O)=O)c2)cn(-c2ccccc2)c1C. The van der Waals surface area contributed by atoms with Crippen LogP contribution in [0.25, 0.3) is 16.8 Å². The lowest BCUT2D eigenvalue weighted by molar-refractivity contribution is -0.120. The van der Waals surface area contributed by atoms with Gasteiger partial charge in [0.1, 0.15) is 0 Å². The van der Waals surface area contributed by atoms with Crippen molar-refractivity contribution < 1.29 is 13.2 Å². The first kappa shape index (κ1) is 19.9. The number of carbonyl (C=O) groups excluding carboxylic acids is 1. The molecule has 0 radical (unpaired) electrons. The largest absolute Gasteiger partial charge is 0.356 e. The van der Waals surface area contributed by atoms with Crippen molar-refractivity contribution in [3.05, 3.63) is 72.1 Å². The third-order valence-electron chi connectivity index (χ3n) is 4.70. The molecule has 0 spiro atoms. The number of hydrogen-bond acceptors (Lipinski definition) is 3. The smallest absolute Gasteiger partial charge is 0.224 e. The van der Waals surface area contributed by atoms with Crippen molar-refractivity contribution in [2.24, 2.45) is 0 Å². The Morgan fingerprint density at radius 3 is 2.43 bits per heavy atom. The van der Waals surface area contributed by atoms with Crippen molar-refractivity contribution in [1.29, 1.82) is 0 Å². The molecule has 28 heavy (non-hydrogen) atoms. The molecule has 6 heteroatoms. The van der Waals surface area contributed by atoms with E-state index >= 15 is 0 Å². The number of hydrogen-bond donors (Lipinski definition) is 1. The fourth-order valence-electron chi connectivity index (χ4n) is 3.29. The number of nitrogens with zero attached hydrogens (tertiary/aromatic N) is 1. The van der Waals surface area contributed by atoms with Gasteiger partial charge in [0.15, 0.2) is 9.84 Å². The summed E-state index contributed by atoms with van der Waals surface area (Å²) in [6, 6.07) is 16.7. The lowest BCUT2D eigenvalue weighted by Gasteiger charge is -2.08. The van der Waals surface area contributed by atoms with E-state index < -0.39 is 9.84 Å². The van der Waals surface area contributed by atoms with Gasteiger partial charge in [0.05, 0.1) is 11.3 Å². The molecule has 0 atom stereocenters. The topological polar surface area (TPSA) is 68.2 Å². The van der Waals surface area contributed by atoms with Crippen LogP contribution in [0.4, 0.5) is 0 Å². The first-order valence-electron chi connectivity index (χ1n) is 9.14. The lowest BCUT2D eigenvalue weighted by Crippen LogP contribution is -2.24. The zero-order valence-corrected chi connectivity index (χ0v) is 17.1. The summed E-state index contributed by atoms with van der Waals surface area (Å²) >= 11 is 0. The summed E-state index contributed by atoms with van der Waals surface area (Å²) in [4.78, 5) is 12.6. The number of sulfone groups is 1. The van der Waals surface area contributed by atoms with Crippen LogP contribution in [-0.4, -0.2) is 31.7 Å². The van der Waals surface area contributed by atoms with Gasteiger partial charge in [0.25, 0.3) is 0 Å². The minimum Gasteiger partial charge on any atom is -0.356 e. The molecule has 3 aromatic rings. The third kappa shape index (κ3) is 4.17. The van der Waals surface area contributed by atoms with Gasteiger partial charge in [0, 0.05) is 35.9 Å². The van der Waals surface area contributed by atoms with Crippen molar-refractivity contribution in [2.75, 3.05) is 12.8 Å². The van der Waals surface area contributed by atoms with E-state index in [1.165, 1.54) is 6.26 Å². The quantitative estimate of drug-likeness (QED) is 0.693. The maximum atomic E-state index is 12.3. The van der Waals surface area contributed by atoms with E-state index in [9.17, 15) is 13.2 Å². The van der Waals surface area contributed by atoms with E-state index in [0.29, 0.717) is 6.54 Å². The molecule has 1 heterocycles. The summed E-state index contributed by atoms with van der Waals surface area (Å²) in [6.07, 6.45) is 3.40. The van der Waals surface area contributed by atoms with Crippen LogP contribution in [-0.2, 0) is 21.1 Å². The van der Waals surface area contributed by atoms with Gasteiger partial charge in [-0.15, -0.1) is 0 Å². The first-order chi connectivity index (χ1) is 13.3. The molecule has 3 rings (SSSR count). The van der Waals surface area contributed by atoms with Crippen LogP contribution in [0.2, 0.25) is 0 Å². The Labute approximate surface area is 165 Å². The van der Waals surface area contributed by atoms with Crippen molar-refractivity contribution >= 4 is 15.7 Å². The zero-order valence-electron chi connectivity index (χ0n) is 16.3. The Morgan fingerprint density at radius 2 is 1.79 bits per heavy atom. The van der Waals surface area contributed by atoms with Gasteiger partial charge in [-0.05, 0) is 49.2 Å². The van der Waals surface area contributed by atoms with Crippen LogP contribution >= 0.6 is 0 Å². The highest BCUT2D eigenvalue weighted by molar-refractivity contribution is 7.90. The molecule has 0 fully saturated rings. The molecule has 0 saturated carbocycles. The molecule has 0 saturated heterocycles. The van der Waals surface area contributed by atoms with Gasteiger partial charge in [0.2, 0.25) is 5.91 Å². The number of nitrogens with one attached hydrogen (secondary N) is 1. The van der Waals surface area contributed by atoms with Crippen molar-refractivity contribution in [2.45, 2.75) is 25.2 Å². The number of benzene rings is 2. The van der Waals surface area contributed by atoms with Gasteiger partial charge in [-0.25, -0.2) is 8.42 Å². The van der Waals surface area contributed by atoms with Crippen molar-refractivity contribution in [3.8, 4) is 16.8 Å². The summed E-state index contributed by atoms with van der Waals surface area (Å²) in [7, 11) is -3.32. The molecular weight excluding hydrogens is 372 g/mol. The van der Waals surface area contributed by atoms with Gasteiger partial charge in [-0.2, -0.15) is 0 Å². The number of aromatic nitrogens is 1. The Balaban J connectivity index is 2.18. The Hall–Kier alpha value is -2.86. The van der Waals surface area contributed by atoms with Crippen LogP contribution in [0.5, 0.6) is 0 Å². The average Bonchev–Trinajstić information content (AvgIpc) is 2.99. The van der Waals surface area contributed by atoms with Crippen LogP contribution < -0.4 is 5.32 Å². The number of para-hydroxylation sites is 1. The maximum absolute atomic E-state index is 12.3. The molecule has 1 N–H and O–H groups in total. The van der Waals surface area contributed by atoms with E-state index in [1.54, 1.807) is 18.2 Å². The summed E-state index contributed by atoms with van der Waals surface area (Å²) in [5.41, 5.74) is 4.47. The van der Waals surface area contributed by atoms with Gasteiger partial charge in [-0.1, -0.05) is 30.3 Å². The molecule has 0 aliphatic carbocycles. The number of carbonyl (C=O) groups is 1. The Kier molecular flexibility index (Phi) is 5.70. The second kappa shape index (κ2) is 8.02. The van der Waals surface area contributed by atoms with E-state index in [-0.39, 0.29) is 17.2 Å². The maximum Gasteiger partial charge on any atom is 0.224 e. The lowest BCUT2D eigenvalue weighted by atomic mass is 10.0. The minimum absolute atomic E-state index is 0.0584. The van der Waals surface area contributed by atoms with Crippen LogP contribution in [0.1, 0.15) is 18.2 Å². The fourth-order valence-corrected chi connectivity index (χ4v) is 3.95. The van der Waals surface area contributed by atoms with Gasteiger partial charge in [-0.3, -0.25) is 4.79 Å². The molecule has 0 aliphatic rings. The summed E-state index contributed by atoms with van der Waals surface area (Å²) in [5.74, 6) is -0.0584. The highest BCUT2D eigenvalue weighted by Crippen LogP contribution is 2.32. The molecule has 0 aliphatic heterocycles. The standard InChI is InChI=1S/C22H24N2O3S/c1-4-23-22(25)14-20-16(2)24(18-10-6-5-7-11-18)15-21(20)17-9-8-12-19(13-17)28(3,26)27/h5-13,15H,4,14H2,1-3H3,(H,23,25). The van der Waals surface area contributed by atoms with E-state index in [4.69, 9.17) is 0 Å². The van der Waals surface area contributed by atoms with Gasteiger partial charge < -0.3 is 9.88 Å². The fraction of sp³-hybridized carbons (Fsp3) is 0.227. The van der Waals surface area contributed by atoms with Crippen LogP contribution in [0.3, 0.4) is 0 Å². The molecule has 5 nitrogen and oxygen atoms in total. The summed E-state index contributed by atoms with van der Waals surface area (Å²) in [5, 5.41) is 2.84. The highest BCUT2D eigenvalue weighted by Gasteiger charge is 2.19. The summed E-state index contributed by atoms with van der Waals surface area (Å²) < 4.78 is 26.0. The molecular formula is C22H24N2O3S. The number of amides is 1. The van der Waals surface area contributed by atoms with Crippen molar-refractivity contribution in [3.63, 3.8) is 0 Å². The minimum atomic E-state index is -3.32. The van der Waals surface area contributed by atoms with Crippen molar-refractivity contribution in [1.82, 2.24) is 9.88 Å². The van der Waals surface area contributed by atoms with Crippen LogP contribution in [0, 0.1) is 6.92 Å². The summed E-state index contributed by atoms with van der Waals surface area (Å²) in [6.45, 7) is 4.43. The predicted octanol–water partition coefficient (Wildman–Crippen LogP) is 3.53. The Bertz CT molecular complexity index is 1100. The van der Waals surface area contributed by atoms with Gasteiger partial charge >= 0.3 is 0 Å². The normalized spacial score (nSPS) is 11.4. The third-order valence-corrected chi connectivity index (χ3v) is 5.81. The molecule has 0 bridgehead atoms. The molecule has 1 aromatic heterocycles. The van der Waals surface area contributed by atoms with E-state index in [0.717, 1.165) is 28.1 Å². The average molecular weight is 397 g/mol. The number of rotatable bonds is 6. The molecule has 2 aromatic carbocycles. The van der Waals surface area contributed by atoms with Crippen LogP contribution in [0.15, 0.2) is 65.7 Å². The number of likely N-dealkylation sites (N-methyl/N-ethyl adjacent to an activating group) is 1. The highest BCUT2D eigenvalue weighted by atomic mass is 32.2. The zero-order chi connectivity index (χ0) is 20.3. The molecule has 146 valence electrons. The molecule has 0 unspecified atom stereocenters. The van der Waals surface area contributed by atoms with E-state index in [2.05, 4.69) is 5.32 Å². The second-order valence-corrected chi connectivity index (χ2v) is 8.76. The van der Waals surface area contributed by atoms with E-state index in [1.807, 2.05) is 61.0 Å². The predicted molar refractivity (Wildman–Crippen MR) is 111 cm³/mol. The first-order valence-corrected chi connectivity index (χ1v) is 11.0. The Morgan fingerprint density at radius 1 is 1.07 bits per heavy atom. The molecule has 1 amide bonds.